The van der Waals surface area contributed by atoms with Crippen LogP contribution in [0.2, 0.25) is 0 Å². The van der Waals surface area contributed by atoms with Gasteiger partial charge < -0.3 is 14.6 Å². The number of hydrogen-bond donors (Lipinski definition) is 1. The fourth-order valence-corrected chi connectivity index (χ4v) is 7.38. The summed E-state index contributed by atoms with van der Waals surface area (Å²) >= 11 is 0. The first-order chi connectivity index (χ1) is 30.2. The van der Waals surface area contributed by atoms with E-state index in [1.54, 1.807) is 0 Å². The average molecular weight is 849 g/mol. The van der Waals surface area contributed by atoms with Crippen molar-refractivity contribution in [2.24, 2.45) is 0 Å². The molecule has 0 aromatic rings. The molecular weight excluding hydrogens is 749 g/mol. The molecule has 0 aliphatic heterocycles. The maximum Gasteiger partial charge on any atom is 0.306 e. The lowest BCUT2D eigenvalue weighted by molar-refractivity contribution is -0.154. The number of aliphatic hydroxyl groups is 1. The van der Waals surface area contributed by atoms with Crippen molar-refractivity contribution < 1.29 is 19.4 Å². The normalized spacial score (nSPS) is 13.0. The minimum atomic E-state index is -0.569. The average Bonchev–Trinajstić information content (AvgIpc) is 3.27. The third kappa shape index (κ3) is 51.8. The number of carbonyl (C=O) groups is 1. The highest BCUT2D eigenvalue weighted by Gasteiger charge is 2.13. The molecular formula is C57H100O4. The molecule has 0 saturated carbocycles. The SMILES string of the molecule is CC/C=C\C/C=C\C/C=C\C/C=C\C/C=C\C/C=C\C/C=C\CCCC(=O)OC(CO)COCCCCCCCCCCCCCCCCCCCCCCCCCCCC. The lowest BCUT2D eigenvalue weighted by Gasteiger charge is -2.15. The summed E-state index contributed by atoms with van der Waals surface area (Å²) in [7, 11) is 0. The Hall–Kier alpha value is -2.43. The van der Waals surface area contributed by atoms with Crippen LogP contribution in [0, 0.1) is 0 Å². The molecule has 352 valence electrons. The zero-order chi connectivity index (χ0) is 44.0. The van der Waals surface area contributed by atoms with Crippen molar-refractivity contribution in [3.63, 3.8) is 0 Å². The van der Waals surface area contributed by atoms with E-state index >= 15 is 0 Å². The molecule has 0 fully saturated rings. The molecule has 61 heavy (non-hydrogen) atoms. The van der Waals surface area contributed by atoms with Gasteiger partial charge in [-0.3, -0.25) is 4.79 Å². The van der Waals surface area contributed by atoms with E-state index in [2.05, 4.69) is 98.9 Å². The summed E-state index contributed by atoms with van der Waals surface area (Å²) in [6, 6.07) is 0. The maximum atomic E-state index is 12.2. The van der Waals surface area contributed by atoms with Crippen LogP contribution < -0.4 is 0 Å². The minimum absolute atomic E-state index is 0.197. The molecule has 0 radical (unpaired) electrons. The summed E-state index contributed by atoms with van der Waals surface area (Å²) in [5.74, 6) is -0.256. The Morgan fingerprint density at radius 1 is 0.410 bits per heavy atom. The van der Waals surface area contributed by atoms with Crippen molar-refractivity contribution in [2.75, 3.05) is 19.8 Å². The number of allylic oxidation sites excluding steroid dienone is 14. The fraction of sp³-hybridized carbons (Fsp3) is 0.737. The lowest BCUT2D eigenvalue weighted by Crippen LogP contribution is -2.27. The Kier molecular flexibility index (Phi) is 51.6. The van der Waals surface area contributed by atoms with Gasteiger partial charge in [0.15, 0.2) is 0 Å². The summed E-state index contributed by atoms with van der Waals surface area (Å²) in [4.78, 5) is 12.2. The van der Waals surface area contributed by atoms with Crippen molar-refractivity contribution >= 4 is 5.97 Å². The number of esters is 1. The van der Waals surface area contributed by atoms with Gasteiger partial charge in [0, 0.05) is 13.0 Å². The fourth-order valence-electron chi connectivity index (χ4n) is 7.38. The predicted octanol–water partition coefficient (Wildman–Crippen LogP) is 17.9. The third-order valence-corrected chi connectivity index (χ3v) is 11.2. The highest BCUT2D eigenvalue weighted by Crippen LogP contribution is 2.16. The van der Waals surface area contributed by atoms with Crippen LogP contribution in [-0.4, -0.2) is 37.0 Å². The first kappa shape index (κ1) is 58.6. The van der Waals surface area contributed by atoms with Gasteiger partial charge >= 0.3 is 5.97 Å². The van der Waals surface area contributed by atoms with E-state index in [-0.39, 0.29) is 19.2 Å². The van der Waals surface area contributed by atoms with E-state index in [0.29, 0.717) is 13.0 Å². The molecule has 0 spiro atoms. The molecule has 1 atom stereocenters. The van der Waals surface area contributed by atoms with Crippen LogP contribution >= 0.6 is 0 Å². The van der Waals surface area contributed by atoms with Crippen molar-refractivity contribution in [3.05, 3.63) is 85.1 Å². The van der Waals surface area contributed by atoms with Crippen LogP contribution in [0.3, 0.4) is 0 Å². The zero-order valence-corrected chi connectivity index (χ0v) is 40.4. The highest BCUT2D eigenvalue weighted by atomic mass is 16.6. The molecule has 0 amide bonds. The number of rotatable bonds is 48. The Balaban J connectivity index is 3.49. The topological polar surface area (TPSA) is 55.8 Å². The van der Waals surface area contributed by atoms with Gasteiger partial charge in [-0.25, -0.2) is 0 Å². The van der Waals surface area contributed by atoms with E-state index in [1.807, 2.05) is 0 Å². The smallest absolute Gasteiger partial charge is 0.306 e. The quantitative estimate of drug-likeness (QED) is 0.0376. The summed E-state index contributed by atoms with van der Waals surface area (Å²) in [5.41, 5.74) is 0. The summed E-state index contributed by atoms with van der Waals surface area (Å²) in [6.07, 6.45) is 75.5. The third-order valence-electron chi connectivity index (χ3n) is 11.2. The van der Waals surface area contributed by atoms with Gasteiger partial charge in [0.25, 0.3) is 0 Å². The molecule has 0 rings (SSSR count). The molecule has 4 nitrogen and oxygen atoms in total. The molecule has 0 saturated heterocycles. The van der Waals surface area contributed by atoms with E-state index in [4.69, 9.17) is 9.47 Å². The molecule has 1 unspecified atom stereocenters. The summed E-state index contributed by atoms with van der Waals surface area (Å²) < 4.78 is 11.2. The second kappa shape index (κ2) is 53.7. The van der Waals surface area contributed by atoms with E-state index in [0.717, 1.165) is 64.2 Å². The van der Waals surface area contributed by atoms with Crippen molar-refractivity contribution in [1.29, 1.82) is 0 Å². The Morgan fingerprint density at radius 3 is 1.05 bits per heavy atom. The largest absolute Gasteiger partial charge is 0.457 e. The van der Waals surface area contributed by atoms with Crippen LogP contribution in [-0.2, 0) is 14.3 Å². The lowest BCUT2D eigenvalue weighted by atomic mass is 10.0. The number of unbranched alkanes of at least 4 members (excludes halogenated alkanes) is 26. The van der Waals surface area contributed by atoms with Gasteiger partial charge in [-0.15, -0.1) is 0 Å². The molecule has 0 bridgehead atoms. The van der Waals surface area contributed by atoms with Crippen LogP contribution in [0.4, 0.5) is 0 Å². The molecule has 4 heteroatoms. The van der Waals surface area contributed by atoms with Gasteiger partial charge in [-0.2, -0.15) is 0 Å². The first-order valence-corrected chi connectivity index (χ1v) is 26.2. The van der Waals surface area contributed by atoms with Gasteiger partial charge in [-0.1, -0.05) is 259 Å². The molecule has 0 aromatic heterocycles. The van der Waals surface area contributed by atoms with Gasteiger partial charge in [0.05, 0.1) is 13.2 Å². The Morgan fingerprint density at radius 2 is 0.721 bits per heavy atom. The Bertz CT molecular complexity index is 1080. The van der Waals surface area contributed by atoms with Crippen molar-refractivity contribution in [3.8, 4) is 0 Å². The number of ether oxygens (including phenoxy) is 2. The molecule has 0 aliphatic rings. The van der Waals surface area contributed by atoms with Crippen LogP contribution in [0.1, 0.15) is 245 Å². The zero-order valence-electron chi connectivity index (χ0n) is 40.4. The van der Waals surface area contributed by atoms with Crippen molar-refractivity contribution in [2.45, 2.75) is 251 Å². The number of hydrogen-bond acceptors (Lipinski definition) is 4. The number of carbonyl (C=O) groups excluding carboxylic acids is 1. The van der Waals surface area contributed by atoms with Gasteiger partial charge in [-0.05, 0) is 64.2 Å². The van der Waals surface area contributed by atoms with Crippen molar-refractivity contribution in [1.82, 2.24) is 0 Å². The predicted molar refractivity (Wildman–Crippen MR) is 269 cm³/mol. The first-order valence-electron chi connectivity index (χ1n) is 26.2. The van der Waals surface area contributed by atoms with E-state index in [9.17, 15) is 9.90 Å². The maximum absolute atomic E-state index is 12.2. The van der Waals surface area contributed by atoms with Crippen LogP contribution in [0.5, 0.6) is 0 Å². The van der Waals surface area contributed by atoms with Gasteiger partial charge in [0.2, 0.25) is 0 Å². The Labute approximate surface area is 380 Å². The van der Waals surface area contributed by atoms with Crippen LogP contribution in [0.25, 0.3) is 0 Å². The number of aliphatic hydroxyl groups excluding tert-OH is 1. The summed E-state index contributed by atoms with van der Waals surface area (Å²) in [5, 5.41) is 9.65. The molecule has 1 N–H and O–H groups in total. The highest BCUT2D eigenvalue weighted by molar-refractivity contribution is 5.69. The van der Waals surface area contributed by atoms with Gasteiger partial charge in [0.1, 0.15) is 6.10 Å². The second-order valence-electron chi connectivity index (χ2n) is 17.2. The monoisotopic (exact) mass is 849 g/mol. The molecule has 0 aliphatic carbocycles. The minimum Gasteiger partial charge on any atom is -0.457 e. The second-order valence-corrected chi connectivity index (χ2v) is 17.2. The molecule has 0 heterocycles. The van der Waals surface area contributed by atoms with E-state index < -0.39 is 6.10 Å². The standard InChI is InChI=1S/C57H100O4/c1-3-5-7-9-11-13-15-17-19-21-23-25-27-28-29-31-33-35-37-39-41-43-45-47-49-51-53-60-55-56(54-58)61-57(59)52-50-48-46-44-42-40-38-36-34-32-30-26-24-22-20-18-16-14-12-10-8-6-4-2/h6,8,12,14,18,20,24,26,32,34,38,40,44,46,56,58H,3-5,7,9-11,13,15-17,19,21-23,25,27-31,33,35-37,39,41-43,45,47-55H2,1-2H3/b8-6-,14-12-,20-18-,26-24-,34-32-,40-38-,46-44-. The summed E-state index contributed by atoms with van der Waals surface area (Å²) in [6.45, 7) is 5.19. The van der Waals surface area contributed by atoms with Crippen LogP contribution in [0.15, 0.2) is 85.1 Å². The van der Waals surface area contributed by atoms with E-state index in [1.165, 1.54) is 161 Å². The molecule has 0 aromatic carbocycles.